The highest BCUT2D eigenvalue weighted by molar-refractivity contribution is 5.93. The normalized spacial score (nSPS) is 10.0. The average Bonchev–Trinajstić information content (AvgIpc) is 2.71. The number of nitrogens with two attached hydrogens (primary N) is 1. The predicted octanol–water partition coefficient (Wildman–Crippen LogP) is 2.05. The van der Waals surface area contributed by atoms with E-state index in [1.807, 2.05) is 12.1 Å². The van der Waals surface area contributed by atoms with Crippen LogP contribution in [0.4, 0.5) is 0 Å². The summed E-state index contributed by atoms with van der Waals surface area (Å²) < 4.78 is 5.20. The minimum Gasteiger partial charge on any atom is -0.464 e. The molecule has 3 nitrogen and oxygen atoms in total. The van der Waals surface area contributed by atoms with Crippen molar-refractivity contribution in [1.82, 2.24) is 0 Å². The Balaban J connectivity index is 2.46. The summed E-state index contributed by atoms with van der Waals surface area (Å²) in [6.07, 6.45) is 1.59. The molecule has 2 N–H and O–H groups in total. The van der Waals surface area contributed by atoms with Gasteiger partial charge in [-0.25, -0.2) is 0 Å². The van der Waals surface area contributed by atoms with E-state index in [-0.39, 0.29) is 0 Å². The van der Waals surface area contributed by atoms with E-state index in [1.54, 1.807) is 30.5 Å². The summed E-state index contributed by atoms with van der Waals surface area (Å²) in [7, 11) is 0. The Bertz CT molecular complexity index is 446. The Morgan fingerprint density at radius 2 is 2.07 bits per heavy atom. The van der Waals surface area contributed by atoms with Crippen molar-refractivity contribution in [3.8, 4) is 11.3 Å². The second kappa shape index (κ2) is 3.38. The fraction of sp³-hybridized carbons (Fsp3) is 0. The van der Waals surface area contributed by atoms with E-state index in [4.69, 9.17) is 10.2 Å². The summed E-state index contributed by atoms with van der Waals surface area (Å²) >= 11 is 0. The molecule has 1 amide bonds. The van der Waals surface area contributed by atoms with Gasteiger partial charge >= 0.3 is 0 Å². The first kappa shape index (κ1) is 8.56. The highest BCUT2D eigenvalue weighted by Gasteiger charge is 2.04. The molecule has 14 heavy (non-hydrogen) atoms. The highest BCUT2D eigenvalue weighted by atomic mass is 16.3. The molecule has 0 unspecified atom stereocenters. The van der Waals surface area contributed by atoms with E-state index in [9.17, 15) is 4.79 Å². The van der Waals surface area contributed by atoms with E-state index < -0.39 is 5.91 Å². The Labute approximate surface area is 81.1 Å². The molecular weight excluding hydrogens is 178 g/mol. The van der Waals surface area contributed by atoms with Crippen LogP contribution in [0.3, 0.4) is 0 Å². The maximum Gasteiger partial charge on any atom is 0.248 e. The predicted molar refractivity (Wildman–Crippen MR) is 52.7 cm³/mol. The fourth-order valence-corrected chi connectivity index (χ4v) is 1.27. The smallest absolute Gasteiger partial charge is 0.248 e. The van der Waals surface area contributed by atoms with Crippen molar-refractivity contribution < 1.29 is 9.21 Å². The third-order valence-corrected chi connectivity index (χ3v) is 1.95. The van der Waals surface area contributed by atoms with Crippen LogP contribution >= 0.6 is 0 Å². The van der Waals surface area contributed by atoms with Gasteiger partial charge in [0.1, 0.15) is 5.76 Å². The first-order valence-electron chi connectivity index (χ1n) is 4.21. The zero-order valence-electron chi connectivity index (χ0n) is 7.44. The van der Waals surface area contributed by atoms with Crippen molar-refractivity contribution in [3.05, 3.63) is 48.2 Å². The van der Waals surface area contributed by atoms with Crippen LogP contribution in [0.1, 0.15) is 10.4 Å². The quantitative estimate of drug-likeness (QED) is 0.782. The molecule has 1 aromatic carbocycles. The van der Waals surface area contributed by atoms with Crippen molar-refractivity contribution >= 4 is 5.91 Å². The molecule has 0 aliphatic rings. The van der Waals surface area contributed by atoms with Gasteiger partial charge in [0, 0.05) is 11.1 Å². The van der Waals surface area contributed by atoms with Crippen LogP contribution in [0.2, 0.25) is 0 Å². The summed E-state index contributed by atoms with van der Waals surface area (Å²) in [5.41, 5.74) is 6.50. The summed E-state index contributed by atoms with van der Waals surface area (Å²) in [4.78, 5) is 10.9. The average molecular weight is 187 g/mol. The van der Waals surface area contributed by atoms with Crippen molar-refractivity contribution in [2.45, 2.75) is 0 Å². The number of primary amides is 1. The Morgan fingerprint density at radius 3 is 2.71 bits per heavy atom. The van der Waals surface area contributed by atoms with E-state index in [2.05, 4.69) is 0 Å². The van der Waals surface area contributed by atoms with Crippen LogP contribution in [0.25, 0.3) is 11.3 Å². The second-order valence-electron chi connectivity index (χ2n) is 2.92. The van der Waals surface area contributed by atoms with Crippen molar-refractivity contribution in [2.75, 3.05) is 0 Å². The zero-order valence-corrected chi connectivity index (χ0v) is 7.44. The molecule has 0 atom stereocenters. The maximum absolute atomic E-state index is 10.9. The number of furan rings is 1. The summed E-state index contributed by atoms with van der Waals surface area (Å²) in [5.74, 6) is 0.298. The molecule has 0 radical (unpaired) electrons. The van der Waals surface area contributed by atoms with Gasteiger partial charge in [0.2, 0.25) is 5.91 Å². The molecule has 0 aliphatic heterocycles. The summed E-state index contributed by atoms with van der Waals surface area (Å²) in [5, 5.41) is 0. The molecule has 1 aromatic heterocycles. The number of carbonyl (C=O) groups excluding carboxylic acids is 1. The molecule has 3 heteroatoms. The minimum atomic E-state index is -0.432. The van der Waals surface area contributed by atoms with Crippen LogP contribution < -0.4 is 5.73 Å². The molecular formula is C11H9NO2. The Kier molecular flexibility index (Phi) is 2.07. The van der Waals surface area contributed by atoms with Crippen LogP contribution in [-0.4, -0.2) is 5.91 Å². The van der Waals surface area contributed by atoms with Crippen LogP contribution in [0.15, 0.2) is 47.1 Å². The minimum absolute atomic E-state index is 0.432. The topological polar surface area (TPSA) is 56.2 Å². The fourth-order valence-electron chi connectivity index (χ4n) is 1.27. The largest absolute Gasteiger partial charge is 0.464 e. The van der Waals surface area contributed by atoms with E-state index >= 15 is 0 Å². The molecule has 0 aliphatic carbocycles. The number of hydrogen-bond acceptors (Lipinski definition) is 2. The molecule has 2 aromatic rings. The standard InChI is InChI=1S/C11H9NO2/c12-11(13)9-4-1-3-8(7-9)10-5-2-6-14-10/h1-7H,(H2,12,13). The first-order valence-corrected chi connectivity index (χ1v) is 4.21. The Morgan fingerprint density at radius 1 is 1.21 bits per heavy atom. The van der Waals surface area contributed by atoms with Crippen molar-refractivity contribution in [2.24, 2.45) is 5.73 Å². The molecule has 0 bridgehead atoms. The molecule has 1 heterocycles. The van der Waals surface area contributed by atoms with Gasteiger partial charge in [0.05, 0.1) is 6.26 Å². The zero-order chi connectivity index (χ0) is 9.97. The van der Waals surface area contributed by atoms with Crippen molar-refractivity contribution in [3.63, 3.8) is 0 Å². The van der Waals surface area contributed by atoms with E-state index in [1.165, 1.54) is 0 Å². The molecule has 0 spiro atoms. The summed E-state index contributed by atoms with van der Waals surface area (Å²) in [6, 6.07) is 10.7. The molecule has 0 saturated heterocycles. The van der Waals surface area contributed by atoms with Crippen LogP contribution in [-0.2, 0) is 0 Å². The van der Waals surface area contributed by atoms with E-state index in [0.29, 0.717) is 5.56 Å². The molecule has 2 rings (SSSR count). The number of rotatable bonds is 2. The third kappa shape index (κ3) is 1.52. The Hall–Kier alpha value is -2.03. The third-order valence-electron chi connectivity index (χ3n) is 1.95. The second-order valence-corrected chi connectivity index (χ2v) is 2.92. The number of amides is 1. The lowest BCUT2D eigenvalue weighted by Gasteiger charge is -1.98. The summed E-state index contributed by atoms with van der Waals surface area (Å²) in [6.45, 7) is 0. The monoisotopic (exact) mass is 187 g/mol. The lowest BCUT2D eigenvalue weighted by Crippen LogP contribution is -2.10. The molecule has 0 saturated carbocycles. The lowest BCUT2D eigenvalue weighted by atomic mass is 10.1. The van der Waals surface area contributed by atoms with Gasteiger partial charge < -0.3 is 10.2 Å². The van der Waals surface area contributed by atoms with Gasteiger partial charge in [0.15, 0.2) is 0 Å². The number of hydrogen-bond donors (Lipinski definition) is 1. The van der Waals surface area contributed by atoms with Gasteiger partial charge in [-0.05, 0) is 24.3 Å². The number of benzene rings is 1. The van der Waals surface area contributed by atoms with Crippen molar-refractivity contribution in [1.29, 1.82) is 0 Å². The van der Waals surface area contributed by atoms with Gasteiger partial charge in [-0.2, -0.15) is 0 Å². The molecule has 0 fully saturated rings. The maximum atomic E-state index is 10.9. The first-order chi connectivity index (χ1) is 6.77. The SMILES string of the molecule is NC(=O)c1cccc(-c2ccco2)c1. The van der Waals surface area contributed by atoms with E-state index in [0.717, 1.165) is 11.3 Å². The van der Waals surface area contributed by atoms with Gasteiger partial charge in [-0.1, -0.05) is 12.1 Å². The molecule has 70 valence electrons. The number of carbonyl (C=O) groups is 1. The lowest BCUT2D eigenvalue weighted by molar-refractivity contribution is 0.100. The van der Waals surface area contributed by atoms with Gasteiger partial charge in [-0.3, -0.25) is 4.79 Å². The van der Waals surface area contributed by atoms with Crippen LogP contribution in [0.5, 0.6) is 0 Å². The van der Waals surface area contributed by atoms with Gasteiger partial charge in [-0.15, -0.1) is 0 Å². The highest BCUT2D eigenvalue weighted by Crippen LogP contribution is 2.20. The van der Waals surface area contributed by atoms with Gasteiger partial charge in [0.25, 0.3) is 0 Å². The van der Waals surface area contributed by atoms with Crippen LogP contribution in [0, 0.1) is 0 Å².